The molecular formula is C15H20N2O. The molecule has 2 aromatic rings. The maximum Gasteiger partial charge on any atom is 0.0726 e. The lowest BCUT2D eigenvalue weighted by atomic mass is 10.1. The maximum atomic E-state index is 5.79. The predicted molar refractivity (Wildman–Crippen MR) is 75.1 cm³/mol. The average molecular weight is 244 g/mol. The molecule has 18 heavy (non-hydrogen) atoms. The van der Waals surface area contributed by atoms with E-state index in [4.69, 9.17) is 4.74 Å². The summed E-state index contributed by atoms with van der Waals surface area (Å²) >= 11 is 0. The molecule has 1 aromatic carbocycles. The summed E-state index contributed by atoms with van der Waals surface area (Å²) in [4.78, 5) is 2.42. The summed E-state index contributed by atoms with van der Waals surface area (Å²) in [5, 5.41) is 1.30. The molecule has 0 spiro atoms. The number of morpholine rings is 1. The van der Waals surface area contributed by atoms with Crippen LogP contribution in [0.5, 0.6) is 0 Å². The molecule has 0 aliphatic carbocycles. The fourth-order valence-corrected chi connectivity index (χ4v) is 2.84. The second kappa shape index (κ2) is 4.32. The Morgan fingerprint density at radius 2 is 1.83 bits per heavy atom. The van der Waals surface area contributed by atoms with Crippen molar-refractivity contribution in [2.45, 2.75) is 26.1 Å². The van der Waals surface area contributed by atoms with Crippen molar-refractivity contribution in [2.24, 2.45) is 7.05 Å². The summed E-state index contributed by atoms with van der Waals surface area (Å²) in [6.45, 7) is 6.23. The number of fused-ring (bicyclic) bond motifs is 1. The standard InChI is InChI=1S/C15H20N2O/c1-11-9-17(10-12(2)18-11)14-5-4-13-6-7-16(3)15(13)8-14/h4-8,11-12H,9-10H2,1-3H3. The van der Waals surface area contributed by atoms with Crippen LogP contribution in [0.2, 0.25) is 0 Å². The number of rotatable bonds is 1. The highest BCUT2D eigenvalue weighted by Crippen LogP contribution is 2.25. The van der Waals surface area contributed by atoms with Gasteiger partial charge in [0.05, 0.1) is 12.2 Å². The molecule has 3 heteroatoms. The zero-order valence-corrected chi connectivity index (χ0v) is 11.3. The highest BCUT2D eigenvalue weighted by Gasteiger charge is 2.22. The lowest BCUT2D eigenvalue weighted by Gasteiger charge is -2.36. The molecule has 1 fully saturated rings. The van der Waals surface area contributed by atoms with Gasteiger partial charge in [-0.15, -0.1) is 0 Å². The van der Waals surface area contributed by atoms with Crippen LogP contribution in [0, 0.1) is 0 Å². The van der Waals surface area contributed by atoms with Crippen LogP contribution in [0.25, 0.3) is 10.9 Å². The molecule has 1 aliphatic rings. The third-order valence-electron chi connectivity index (χ3n) is 3.66. The Hall–Kier alpha value is -1.48. The lowest BCUT2D eigenvalue weighted by molar-refractivity contribution is -0.00521. The molecule has 2 unspecified atom stereocenters. The third kappa shape index (κ3) is 1.99. The van der Waals surface area contributed by atoms with Gasteiger partial charge >= 0.3 is 0 Å². The number of aromatic nitrogens is 1. The van der Waals surface area contributed by atoms with Crippen LogP contribution >= 0.6 is 0 Å². The van der Waals surface area contributed by atoms with Crippen molar-refractivity contribution in [3.63, 3.8) is 0 Å². The monoisotopic (exact) mass is 244 g/mol. The number of hydrogen-bond donors (Lipinski definition) is 0. The van der Waals surface area contributed by atoms with Gasteiger partial charge in [-0.2, -0.15) is 0 Å². The van der Waals surface area contributed by atoms with Gasteiger partial charge in [0.25, 0.3) is 0 Å². The first kappa shape index (κ1) is 11.6. The minimum Gasteiger partial charge on any atom is -0.372 e. The highest BCUT2D eigenvalue weighted by molar-refractivity contribution is 5.83. The van der Waals surface area contributed by atoms with Gasteiger partial charge in [0, 0.05) is 37.5 Å². The van der Waals surface area contributed by atoms with E-state index in [-0.39, 0.29) is 0 Å². The summed E-state index contributed by atoms with van der Waals surface area (Å²) in [5.74, 6) is 0. The van der Waals surface area contributed by atoms with E-state index in [1.165, 1.54) is 16.6 Å². The van der Waals surface area contributed by atoms with E-state index in [1.54, 1.807) is 0 Å². The Kier molecular flexibility index (Phi) is 2.78. The topological polar surface area (TPSA) is 17.4 Å². The minimum absolute atomic E-state index is 0.304. The molecule has 3 rings (SSSR count). The quantitative estimate of drug-likeness (QED) is 0.767. The number of benzene rings is 1. The van der Waals surface area contributed by atoms with E-state index < -0.39 is 0 Å². The van der Waals surface area contributed by atoms with Crippen molar-refractivity contribution >= 4 is 16.6 Å². The Labute approximate surface area is 108 Å². The molecule has 1 aliphatic heterocycles. The normalized spacial score (nSPS) is 24.7. The first-order valence-electron chi connectivity index (χ1n) is 6.59. The number of nitrogens with zero attached hydrogens (tertiary/aromatic N) is 2. The Bertz CT molecular complexity index is 551. The number of aryl methyl sites for hydroxylation is 1. The molecule has 2 atom stereocenters. The average Bonchev–Trinajstić information content (AvgIpc) is 2.69. The Morgan fingerprint density at radius 1 is 1.11 bits per heavy atom. The summed E-state index contributed by atoms with van der Waals surface area (Å²) in [5.41, 5.74) is 2.59. The van der Waals surface area contributed by atoms with Gasteiger partial charge in [-0.3, -0.25) is 0 Å². The second-order valence-corrected chi connectivity index (χ2v) is 5.33. The highest BCUT2D eigenvalue weighted by atomic mass is 16.5. The summed E-state index contributed by atoms with van der Waals surface area (Å²) in [7, 11) is 2.09. The van der Waals surface area contributed by atoms with Crippen LogP contribution < -0.4 is 4.90 Å². The molecule has 0 N–H and O–H groups in total. The van der Waals surface area contributed by atoms with Gasteiger partial charge in [-0.1, -0.05) is 6.07 Å². The van der Waals surface area contributed by atoms with Crippen molar-refractivity contribution in [1.82, 2.24) is 4.57 Å². The molecular weight excluding hydrogens is 224 g/mol. The molecule has 0 radical (unpaired) electrons. The smallest absolute Gasteiger partial charge is 0.0726 e. The van der Waals surface area contributed by atoms with Crippen LogP contribution in [-0.4, -0.2) is 29.9 Å². The lowest BCUT2D eigenvalue weighted by Crippen LogP contribution is -2.45. The number of anilines is 1. The van der Waals surface area contributed by atoms with E-state index in [0.717, 1.165) is 13.1 Å². The molecule has 96 valence electrons. The van der Waals surface area contributed by atoms with Gasteiger partial charge in [-0.05, 0) is 37.4 Å². The van der Waals surface area contributed by atoms with E-state index in [9.17, 15) is 0 Å². The molecule has 1 aromatic heterocycles. The van der Waals surface area contributed by atoms with E-state index in [1.807, 2.05) is 0 Å². The van der Waals surface area contributed by atoms with Crippen LogP contribution in [0.15, 0.2) is 30.5 Å². The summed E-state index contributed by atoms with van der Waals surface area (Å²) < 4.78 is 7.96. The SMILES string of the molecule is CC1CN(c2ccc3ccn(C)c3c2)CC(C)O1. The van der Waals surface area contributed by atoms with Crippen LogP contribution in [0.4, 0.5) is 5.69 Å². The Balaban J connectivity index is 1.95. The fourth-order valence-electron chi connectivity index (χ4n) is 2.84. The Morgan fingerprint density at radius 3 is 2.56 bits per heavy atom. The van der Waals surface area contributed by atoms with Crippen molar-refractivity contribution < 1.29 is 4.74 Å². The molecule has 0 bridgehead atoms. The molecule has 0 saturated carbocycles. The van der Waals surface area contributed by atoms with Crippen LogP contribution in [0.3, 0.4) is 0 Å². The number of ether oxygens (including phenoxy) is 1. The van der Waals surface area contributed by atoms with Gasteiger partial charge in [0.2, 0.25) is 0 Å². The van der Waals surface area contributed by atoms with Gasteiger partial charge in [0.1, 0.15) is 0 Å². The van der Waals surface area contributed by atoms with Gasteiger partial charge in [0.15, 0.2) is 0 Å². The van der Waals surface area contributed by atoms with E-state index in [2.05, 4.69) is 60.8 Å². The zero-order valence-electron chi connectivity index (χ0n) is 11.3. The predicted octanol–water partition coefficient (Wildman–Crippen LogP) is 2.79. The van der Waals surface area contributed by atoms with E-state index >= 15 is 0 Å². The third-order valence-corrected chi connectivity index (χ3v) is 3.66. The summed E-state index contributed by atoms with van der Waals surface area (Å²) in [6.07, 6.45) is 2.72. The van der Waals surface area contributed by atoms with E-state index in [0.29, 0.717) is 12.2 Å². The molecule has 0 amide bonds. The number of hydrogen-bond acceptors (Lipinski definition) is 2. The van der Waals surface area contributed by atoms with Crippen LogP contribution in [0.1, 0.15) is 13.8 Å². The minimum atomic E-state index is 0.304. The maximum absolute atomic E-state index is 5.79. The van der Waals surface area contributed by atoms with Gasteiger partial charge in [-0.25, -0.2) is 0 Å². The van der Waals surface area contributed by atoms with Crippen molar-refractivity contribution in [3.05, 3.63) is 30.5 Å². The first-order chi connectivity index (χ1) is 8.63. The van der Waals surface area contributed by atoms with Crippen molar-refractivity contribution in [2.75, 3.05) is 18.0 Å². The van der Waals surface area contributed by atoms with Gasteiger partial charge < -0.3 is 14.2 Å². The van der Waals surface area contributed by atoms with Crippen LogP contribution in [-0.2, 0) is 11.8 Å². The van der Waals surface area contributed by atoms with Crippen molar-refractivity contribution in [3.8, 4) is 0 Å². The molecule has 3 nitrogen and oxygen atoms in total. The fraction of sp³-hybridized carbons (Fsp3) is 0.467. The zero-order chi connectivity index (χ0) is 12.7. The second-order valence-electron chi connectivity index (χ2n) is 5.33. The first-order valence-corrected chi connectivity index (χ1v) is 6.59. The molecule has 1 saturated heterocycles. The van der Waals surface area contributed by atoms with Crippen molar-refractivity contribution in [1.29, 1.82) is 0 Å². The molecule has 2 heterocycles. The summed E-state index contributed by atoms with van der Waals surface area (Å²) in [6, 6.07) is 8.85. The largest absolute Gasteiger partial charge is 0.372 e.